The number of amides is 2. The first kappa shape index (κ1) is 25.0. The number of likely N-dealkylation sites (N-methyl/N-ethyl adjacent to an activating group) is 1. The van der Waals surface area contributed by atoms with Gasteiger partial charge in [0, 0.05) is 20.2 Å². The quantitative estimate of drug-likeness (QED) is 0.465. The lowest BCUT2D eigenvalue weighted by Gasteiger charge is -2.23. The molecule has 0 aromatic heterocycles. The highest BCUT2D eigenvalue weighted by molar-refractivity contribution is 6.01. The van der Waals surface area contributed by atoms with Crippen LogP contribution in [0.1, 0.15) is 42.5 Å². The Morgan fingerprint density at radius 2 is 1.80 bits per heavy atom. The van der Waals surface area contributed by atoms with E-state index in [9.17, 15) is 32.9 Å². The first-order valence-corrected chi connectivity index (χ1v) is 9.24. The van der Waals surface area contributed by atoms with E-state index >= 15 is 0 Å². The van der Waals surface area contributed by atoms with Gasteiger partial charge in [-0.15, -0.1) is 0 Å². The molecule has 168 valence electrons. The van der Waals surface area contributed by atoms with Gasteiger partial charge in [0.25, 0.3) is 11.6 Å². The van der Waals surface area contributed by atoms with E-state index in [1.54, 1.807) is 0 Å². The van der Waals surface area contributed by atoms with Crippen molar-refractivity contribution in [3.05, 3.63) is 27.8 Å². The van der Waals surface area contributed by atoms with Crippen LogP contribution in [-0.4, -0.2) is 43.6 Å². The summed E-state index contributed by atoms with van der Waals surface area (Å²) in [6.45, 7) is -0.152. The van der Waals surface area contributed by atoms with Gasteiger partial charge in [-0.25, -0.2) is 0 Å². The van der Waals surface area contributed by atoms with Crippen molar-refractivity contribution >= 4 is 28.9 Å². The highest BCUT2D eigenvalue weighted by Crippen LogP contribution is 2.37. The van der Waals surface area contributed by atoms with Gasteiger partial charge in [-0.3, -0.25) is 19.7 Å². The summed E-state index contributed by atoms with van der Waals surface area (Å²) < 4.78 is 35.8. The maximum atomic E-state index is 11.9. The smallest absolute Gasteiger partial charge is 0.383 e. The Balaban J connectivity index is 0.000000375. The normalized spacial score (nSPS) is 14.3. The molecule has 1 aliphatic rings. The topological polar surface area (TPSA) is 145 Å². The van der Waals surface area contributed by atoms with Crippen LogP contribution in [0.4, 0.5) is 30.2 Å². The molecule has 5 N–H and O–H groups in total. The van der Waals surface area contributed by atoms with Gasteiger partial charge < -0.3 is 21.7 Å². The summed E-state index contributed by atoms with van der Waals surface area (Å²) in [5.74, 6) is -2.43. The number of halogens is 3. The zero-order valence-electron chi connectivity index (χ0n) is 16.8. The van der Waals surface area contributed by atoms with Crippen LogP contribution < -0.4 is 21.7 Å². The van der Waals surface area contributed by atoms with Crippen molar-refractivity contribution < 1.29 is 27.7 Å². The van der Waals surface area contributed by atoms with E-state index in [1.165, 1.54) is 25.1 Å². The van der Waals surface area contributed by atoms with E-state index in [0.29, 0.717) is 12.8 Å². The molecule has 0 bridgehead atoms. The molecule has 30 heavy (non-hydrogen) atoms. The molecule has 1 fully saturated rings. The Morgan fingerprint density at radius 1 is 1.23 bits per heavy atom. The highest BCUT2D eigenvalue weighted by Gasteiger charge is 2.39. The van der Waals surface area contributed by atoms with Crippen molar-refractivity contribution in [1.82, 2.24) is 0 Å². The molecule has 0 heterocycles. The third kappa shape index (κ3) is 7.08. The van der Waals surface area contributed by atoms with Crippen LogP contribution >= 0.6 is 0 Å². The molecular formula is C18H26F3N5O4. The van der Waals surface area contributed by atoms with Gasteiger partial charge in [-0.05, 0) is 18.9 Å². The molecule has 12 heteroatoms. The predicted octanol–water partition coefficient (Wildman–Crippen LogP) is 2.79. The van der Waals surface area contributed by atoms with Crippen molar-refractivity contribution in [3.63, 3.8) is 0 Å². The summed E-state index contributed by atoms with van der Waals surface area (Å²) in [6.07, 6.45) is -0.742. The Labute approximate surface area is 171 Å². The van der Waals surface area contributed by atoms with E-state index in [4.69, 9.17) is 11.5 Å². The predicted molar refractivity (Wildman–Crippen MR) is 106 cm³/mol. The number of anilines is 2. The number of hydrogen-bond acceptors (Lipinski definition) is 6. The van der Waals surface area contributed by atoms with E-state index in [1.807, 2.05) is 0 Å². The van der Waals surface area contributed by atoms with Gasteiger partial charge in [0.15, 0.2) is 0 Å². The third-order valence-electron chi connectivity index (χ3n) is 4.72. The molecule has 1 aromatic rings. The monoisotopic (exact) mass is 433 g/mol. The Kier molecular flexibility index (Phi) is 8.87. The number of carbonyl (C=O) groups is 2. The summed E-state index contributed by atoms with van der Waals surface area (Å²) in [5, 5.41) is 13.6. The van der Waals surface area contributed by atoms with Crippen molar-refractivity contribution in [2.24, 2.45) is 17.4 Å². The number of hydrogen-bond donors (Lipinski definition) is 3. The summed E-state index contributed by atoms with van der Waals surface area (Å²) in [4.78, 5) is 34.1. The molecule has 1 aromatic carbocycles. The molecule has 1 saturated carbocycles. The molecule has 0 aliphatic heterocycles. The zero-order chi connectivity index (χ0) is 23.1. The van der Waals surface area contributed by atoms with Crippen molar-refractivity contribution in [3.8, 4) is 0 Å². The first-order chi connectivity index (χ1) is 13.9. The largest absolute Gasteiger partial charge is 0.391 e. The summed E-state index contributed by atoms with van der Waals surface area (Å²) in [7, 11) is 3.03. The molecule has 2 rings (SSSR count). The molecule has 0 radical (unpaired) electrons. The minimum atomic E-state index is -3.93. The lowest BCUT2D eigenvalue weighted by Crippen LogP contribution is -2.32. The minimum absolute atomic E-state index is 0.0561. The second-order valence-electron chi connectivity index (χ2n) is 6.96. The second kappa shape index (κ2) is 10.6. The number of alkyl halides is 3. The number of nitrogens with one attached hydrogen (secondary N) is 1. The fraction of sp³-hybridized carbons (Fsp3) is 0.556. The number of primary amides is 2. The van der Waals surface area contributed by atoms with Crippen molar-refractivity contribution in [2.45, 2.75) is 38.3 Å². The van der Waals surface area contributed by atoms with Crippen molar-refractivity contribution in [2.75, 3.05) is 30.9 Å². The Hall–Kier alpha value is -3.05. The van der Waals surface area contributed by atoms with Crippen LogP contribution in [0.2, 0.25) is 0 Å². The number of benzene rings is 1. The maximum absolute atomic E-state index is 11.9. The standard InChI is InChI=1S/C11H15N5O4.C7H11F3/c1-14-7-4-8(15(2)5-10(12)17)6(11(13)18)3-9(7)16(19)20;8-7(9,10)6-4-2-1-3-5-6/h3-4,14H,5H2,1-2H3,(H2,12,17)(H2,13,18);6H,1-5H2. The van der Waals surface area contributed by atoms with Crippen LogP contribution in [0.3, 0.4) is 0 Å². The number of nitrogens with zero attached hydrogens (tertiary/aromatic N) is 2. The van der Waals surface area contributed by atoms with E-state index in [0.717, 1.165) is 25.3 Å². The van der Waals surface area contributed by atoms with E-state index < -0.39 is 28.8 Å². The Morgan fingerprint density at radius 3 is 2.17 bits per heavy atom. The molecule has 2 amide bonds. The summed E-state index contributed by atoms with van der Waals surface area (Å²) >= 11 is 0. The summed E-state index contributed by atoms with van der Waals surface area (Å²) in [5.41, 5.74) is 10.5. The molecule has 9 nitrogen and oxygen atoms in total. The average Bonchev–Trinajstić information content (AvgIpc) is 2.66. The molecule has 0 unspecified atom stereocenters. The van der Waals surface area contributed by atoms with Gasteiger partial charge in [0.05, 0.1) is 28.6 Å². The molecule has 0 saturated heterocycles. The molecule has 0 spiro atoms. The summed E-state index contributed by atoms with van der Waals surface area (Å²) in [6, 6.07) is 2.45. The van der Waals surface area contributed by atoms with Gasteiger partial charge in [0.1, 0.15) is 5.69 Å². The molecular weight excluding hydrogens is 407 g/mol. The molecule has 1 aliphatic carbocycles. The lowest BCUT2D eigenvalue weighted by atomic mass is 9.89. The van der Waals surface area contributed by atoms with Gasteiger partial charge in [-0.1, -0.05) is 19.3 Å². The van der Waals surface area contributed by atoms with Crippen LogP contribution in [0.25, 0.3) is 0 Å². The average molecular weight is 433 g/mol. The van der Waals surface area contributed by atoms with Gasteiger partial charge >= 0.3 is 6.18 Å². The third-order valence-corrected chi connectivity index (χ3v) is 4.72. The van der Waals surface area contributed by atoms with Crippen molar-refractivity contribution in [1.29, 1.82) is 0 Å². The fourth-order valence-corrected chi connectivity index (χ4v) is 3.19. The van der Waals surface area contributed by atoms with Crippen LogP contribution in [0, 0.1) is 16.0 Å². The van der Waals surface area contributed by atoms with Gasteiger partial charge in [0.2, 0.25) is 5.91 Å². The number of nitro groups is 1. The van der Waals surface area contributed by atoms with Crippen LogP contribution in [-0.2, 0) is 4.79 Å². The first-order valence-electron chi connectivity index (χ1n) is 9.24. The number of carbonyl (C=O) groups excluding carboxylic acids is 2. The zero-order valence-corrected chi connectivity index (χ0v) is 16.8. The molecule has 0 atom stereocenters. The lowest BCUT2D eigenvalue weighted by molar-refractivity contribution is -0.383. The highest BCUT2D eigenvalue weighted by atomic mass is 19.4. The SMILES string of the molecule is CNc1cc(N(C)CC(N)=O)c(C(N)=O)cc1[N+](=O)[O-].FC(F)(F)C1CCCCC1. The van der Waals surface area contributed by atoms with Gasteiger partial charge in [-0.2, -0.15) is 13.2 Å². The fourth-order valence-electron chi connectivity index (χ4n) is 3.19. The number of rotatable bonds is 6. The maximum Gasteiger partial charge on any atom is 0.391 e. The van der Waals surface area contributed by atoms with E-state index in [-0.39, 0.29) is 29.2 Å². The van der Waals surface area contributed by atoms with Crippen LogP contribution in [0.5, 0.6) is 0 Å². The van der Waals surface area contributed by atoms with E-state index in [2.05, 4.69) is 5.32 Å². The Bertz CT molecular complexity index is 780. The number of nitrogens with two attached hydrogens (primary N) is 2. The minimum Gasteiger partial charge on any atom is -0.383 e. The second-order valence-corrected chi connectivity index (χ2v) is 6.96. The number of nitro benzene ring substituents is 1. The van der Waals surface area contributed by atoms with Crippen LogP contribution in [0.15, 0.2) is 12.1 Å².